The van der Waals surface area contributed by atoms with Crippen molar-refractivity contribution in [1.82, 2.24) is 9.55 Å². The molecule has 2 aromatic rings. The van der Waals surface area contributed by atoms with E-state index in [2.05, 4.69) is 4.98 Å². The van der Waals surface area contributed by atoms with Crippen LogP contribution in [0, 0.1) is 10.6 Å². The number of nitrogens with zero attached hydrogens (tertiary/aromatic N) is 1. The maximum Gasteiger partial charge on any atom is 0.178 e. The van der Waals surface area contributed by atoms with Crippen LogP contribution in [0.4, 0.5) is 4.39 Å². The van der Waals surface area contributed by atoms with Crippen LogP contribution in [0.25, 0.3) is 11.0 Å². The first kappa shape index (κ1) is 13.8. The number of aromatic nitrogens is 2. The number of aromatic amines is 1. The third kappa shape index (κ3) is 2.79. The summed E-state index contributed by atoms with van der Waals surface area (Å²) >= 11 is 5.27. The van der Waals surface area contributed by atoms with Crippen LogP contribution < -0.4 is 0 Å². The van der Waals surface area contributed by atoms with E-state index in [4.69, 9.17) is 17.0 Å². The summed E-state index contributed by atoms with van der Waals surface area (Å²) < 4.78 is 22.1. The number of para-hydroxylation sites is 1. The quantitative estimate of drug-likeness (QED) is 0.857. The molecule has 1 aromatic heterocycles. The average molecular weight is 294 g/mol. The number of fused-ring (bicyclic) bond motifs is 1. The first-order valence-electron chi connectivity index (χ1n) is 7.24. The van der Waals surface area contributed by atoms with Crippen molar-refractivity contribution in [2.75, 3.05) is 6.61 Å². The Kier molecular flexibility index (Phi) is 4.17. The fourth-order valence-electron chi connectivity index (χ4n) is 2.91. The van der Waals surface area contributed by atoms with Gasteiger partial charge in [0.2, 0.25) is 0 Å². The van der Waals surface area contributed by atoms with Crippen molar-refractivity contribution >= 4 is 23.3 Å². The standard InChI is InChI=1S/C15H19FN2OS/c16-12-7-4-8-13-14(12)17-15(20)18(13)9-10-19-11-5-2-1-3-6-11/h4,7-8,11H,1-3,5-6,9-10H2,(H,17,20). The van der Waals surface area contributed by atoms with Gasteiger partial charge in [-0.2, -0.15) is 0 Å². The topological polar surface area (TPSA) is 29.9 Å². The molecule has 108 valence electrons. The highest BCUT2D eigenvalue weighted by molar-refractivity contribution is 7.71. The van der Waals surface area contributed by atoms with Crippen molar-refractivity contribution in [1.29, 1.82) is 0 Å². The van der Waals surface area contributed by atoms with Gasteiger partial charge in [0.1, 0.15) is 11.3 Å². The SMILES string of the molecule is Fc1cccc2c1[nH]c(=S)n2CCOC1CCCCC1. The van der Waals surface area contributed by atoms with Gasteiger partial charge >= 0.3 is 0 Å². The number of H-pyrrole nitrogens is 1. The van der Waals surface area contributed by atoms with Crippen molar-refractivity contribution in [2.24, 2.45) is 0 Å². The van der Waals surface area contributed by atoms with E-state index in [1.807, 2.05) is 10.6 Å². The molecule has 3 nitrogen and oxygen atoms in total. The van der Waals surface area contributed by atoms with E-state index in [1.165, 1.54) is 25.3 Å². The number of hydrogen-bond acceptors (Lipinski definition) is 2. The number of ether oxygens (including phenoxy) is 1. The molecule has 3 rings (SSSR count). The van der Waals surface area contributed by atoms with Gasteiger partial charge < -0.3 is 14.3 Å². The Labute approximate surface area is 122 Å². The molecule has 0 bridgehead atoms. The molecule has 1 heterocycles. The first-order valence-corrected chi connectivity index (χ1v) is 7.65. The Morgan fingerprint density at radius 1 is 1.30 bits per heavy atom. The van der Waals surface area contributed by atoms with Crippen molar-refractivity contribution < 1.29 is 9.13 Å². The average Bonchev–Trinajstić information content (AvgIpc) is 2.78. The Morgan fingerprint density at radius 2 is 2.10 bits per heavy atom. The highest BCUT2D eigenvalue weighted by Gasteiger charge is 2.14. The van der Waals surface area contributed by atoms with Crippen LogP contribution in [0.2, 0.25) is 0 Å². The zero-order valence-electron chi connectivity index (χ0n) is 11.4. The molecule has 0 saturated heterocycles. The van der Waals surface area contributed by atoms with Gasteiger partial charge in [-0.1, -0.05) is 25.3 Å². The largest absolute Gasteiger partial charge is 0.376 e. The summed E-state index contributed by atoms with van der Waals surface area (Å²) in [5, 5.41) is 0. The minimum atomic E-state index is -0.263. The zero-order chi connectivity index (χ0) is 13.9. The molecule has 1 aromatic carbocycles. The summed E-state index contributed by atoms with van der Waals surface area (Å²) in [4.78, 5) is 2.93. The monoisotopic (exact) mass is 294 g/mol. The lowest BCUT2D eigenvalue weighted by Crippen LogP contribution is -2.19. The molecule has 0 amide bonds. The number of nitrogens with one attached hydrogen (secondary N) is 1. The second kappa shape index (κ2) is 6.06. The third-order valence-electron chi connectivity index (χ3n) is 3.98. The van der Waals surface area contributed by atoms with Crippen LogP contribution in [0.1, 0.15) is 32.1 Å². The fourth-order valence-corrected chi connectivity index (χ4v) is 3.20. The van der Waals surface area contributed by atoms with Gasteiger partial charge in [0, 0.05) is 6.54 Å². The Balaban J connectivity index is 1.69. The van der Waals surface area contributed by atoms with Crippen molar-refractivity contribution in [3.05, 3.63) is 28.8 Å². The molecule has 1 fully saturated rings. The van der Waals surface area contributed by atoms with Crippen molar-refractivity contribution in [2.45, 2.75) is 44.8 Å². The summed E-state index contributed by atoms with van der Waals surface area (Å²) in [7, 11) is 0. The van der Waals surface area contributed by atoms with E-state index in [-0.39, 0.29) is 5.82 Å². The van der Waals surface area contributed by atoms with Gasteiger partial charge in [0.05, 0.1) is 18.2 Å². The maximum absolute atomic E-state index is 13.7. The third-order valence-corrected chi connectivity index (χ3v) is 4.30. The summed E-state index contributed by atoms with van der Waals surface area (Å²) in [5.41, 5.74) is 1.29. The summed E-state index contributed by atoms with van der Waals surface area (Å²) in [6.07, 6.45) is 6.57. The number of halogens is 1. The van der Waals surface area contributed by atoms with Crippen molar-refractivity contribution in [3.8, 4) is 0 Å². The Hall–Kier alpha value is -1.20. The second-order valence-corrected chi connectivity index (χ2v) is 5.73. The van der Waals surface area contributed by atoms with Gasteiger partial charge in [-0.15, -0.1) is 0 Å². The summed E-state index contributed by atoms with van der Waals surface area (Å²) in [5.74, 6) is -0.263. The lowest BCUT2D eigenvalue weighted by Gasteiger charge is -2.22. The highest BCUT2D eigenvalue weighted by atomic mass is 32.1. The van der Waals surface area contributed by atoms with E-state index in [1.54, 1.807) is 6.07 Å². The number of imidazole rings is 1. The van der Waals surface area contributed by atoms with E-state index < -0.39 is 0 Å². The molecule has 0 unspecified atom stereocenters. The predicted octanol–water partition coefficient (Wildman–Crippen LogP) is 4.19. The summed E-state index contributed by atoms with van der Waals surface area (Å²) in [6, 6.07) is 5.03. The Morgan fingerprint density at radius 3 is 2.90 bits per heavy atom. The Bertz CT molecular complexity index is 643. The van der Waals surface area contributed by atoms with Crippen LogP contribution in [0.15, 0.2) is 18.2 Å². The smallest absolute Gasteiger partial charge is 0.178 e. The number of benzene rings is 1. The maximum atomic E-state index is 13.7. The molecule has 1 aliphatic carbocycles. The second-order valence-electron chi connectivity index (χ2n) is 5.35. The van der Waals surface area contributed by atoms with Gasteiger partial charge in [0.15, 0.2) is 4.77 Å². The molecule has 0 radical (unpaired) electrons. The van der Waals surface area contributed by atoms with Crippen molar-refractivity contribution in [3.63, 3.8) is 0 Å². The molecule has 1 N–H and O–H groups in total. The van der Waals surface area contributed by atoms with E-state index >= 15 is 0 Å². The highest BCUT2D eigenvalue weighted by Crippen LogP contribution is 2.21. The van der Waals surface area contributed by atoms with Gasteiger partial charge in [-0.25, -0.2) is 4.39 Å². The molecular formula is C15H19FN2OS. The molecule has 0 spiro atoms. The molecule has 20 heavy (non-hydrogen) atoms. The van der Waals surface area contributed by atoms with E-state index in [0.29, 0.717) is 29.5 Å². The normalized spacial score (nSPS) is 16.9. The molecular weight excluding hydrogens is 275 g/mol. The van der Waals surface area contributed by atoms with Gasteiger partial charge in [-0.3, -0.25) is 0 Å². The fraction of sp³-hybridized carbons (Fsp3) is 0.533. The zero-order valence-corrected chi connectivity index (χ0v) is 12.2. The van der Waals surface area contributed by atoms with Crippen LogP contribution in [-0.4, -0.2) is 22.3 Å². The molecule has 0 atom stereocenters. The minimum Gasteiger partial charge on any atom is -0.376 e. The number of hydrogen-bond donors (Lipinski definition) is 1. The van der Waals surface area contributed by atoms with Gasteiger partial charge in [-0.05, 0) is 37.2 Å². The lowest BCUT2D eigenvalue weighted by molar-refractivity contribution is 0.0243. The number of rotatable bonds is 4. The lowest BCUT2D eigenvalue weighted by atomic mass is 9.98. The van der Waals surface area contributed by atoms with Crippen LogP contribution in [-0.2, 0) is 11.3 Å². The van der Waals surface area contributed by atoms with Crippen LogP contribution in [0.3, 0.4) is 0 Å². The molecule has 5 heteroatoms. The van der Waals surface area contributed by atoms with E-state index in [9.17, 15) is 4.39 Å². The first-order chi connectivity index (χ1) is 9.75. The van der Waals surface area contributed by atoms with Gasteiger partial charge in [0.25, 0.3) is 0 Å². The van der Waals surface area contributed by atoms with Crippen LogP contribution in [0.5, 0.6) is 0 Å². The minimum absolute atomic E-state index is 0.263. The molecule has 0 aliphatic heterocycles. The molecule has 1 saturated carbocycles. The molecule has 1 aliphatic rings. The predicted molar refractivity (Wildman–Crippen MR) is 79.9 cm³/mol. The summed E-state index contributed by atoms with van der Waals surface area (Å²) in [6.45, 7) is 1.29. The van der Waals surface area contributed by atoms with E-state index in [0.717, 1.165) is 18.4 Å². The van der Waals surface area contributed by atoms with Crippen LogP contribution >= 0.6 is 12.2 Å².